The van der Waals surface area contributed by atoms with Crippen molar-refractivity contribution in [2.24, 2.45) is 0 Å². The van der Waals surface area contributed by atoms with E-state index in [1.807, 2.05) is 0 Å². The molecule has 1 aliphatic heterocycles. The van der Waals surface area contributed by atoms with Crippen LogP contribution >= 0.6 is 0 Å². The summed E-state index contributed by atoms with van der Waals surface area (Å²) in [5.74, 6) is 0. The molecule has 0 aliphatic carbocycles. The molecule has 4 heteroatoms. The van der Waals surface area contributed by atoms with E-state index in [-0.39, 0.29) is 6.09 Å². The molecule has 0 aromatic heterocycles. The van der Waals surface area contributed by atoms with Gasteiger partial charge in [-0.3, -0.25) is 0 Å². The average molecular weight is 186 g/mol. The third-order valence-corrected chi connectivity index (χ3v) is 2.08. The summed E-state index contributed by atoms with van der Waals surface area (Å²) in [5.41, 5.74) is 0. The summed E-state index contributed by atoms with van der Waals surface area (Å²) in [6, 6.07) is 0. The van der Waals surface area contributed by atoms with Crippen LogP contribution in [0.15, 0.2) is 0 Å². The van der Waals surface area contributed by atoms with E-state index in [2.05, 4.69) is 12.2 Å². The molecule has 1 saturated heterocycles. The third-order valence-electron chi connectivity index (χ3n) is 2.08. The van der Waals surface area contributed by atoms with E-state index in [9.17, 15) is 4.79 Å². The SMILES string of the molecule is CCCCNC(=O)ON1CCCC1. The fourth-order valence-corrected chi connectivity index (χ4v) is 1.30. The van der Waals surface area contributed by atoms with Crippen molar-refractivity contribution >= 4 is 6.09 Å². The molecular formula is C9H18N2O2. The van der Waals surface area contributed by atoms with Crippen LogP contribution in [0.3, 0.4) is 0 Å². The van der Waals surface area contributed by atoms with Crippen LogP contribution in [-0.4, -0.2) is 30.8 Å². The molecule has 76 valence electrons. The molecule has 13 heavy (non-hydrogen) atoms. The van der Waals surface area contributed by atoms with Gasteiger partial charge in [0.1, 0.15) is 0 Å². The number of carbonyl (C=O) groups is 1. The van der Waals surface area contributed by atoms with Gasteiger partial charge in [0.05, 0.1) is 0 Å². The third kappa shape index (κ3) is 4.12. The topological polar surface area (TPSA) is 41.6 Å². The monoisotopic (exact) mass is 186 g/mol. The first kappa shape index (κ1) is 10.3. The van der Waals surface area contributed by atoms with E-state index in [0.29, 0.717) is 6.54 Å². The number of hydroxylamine groups is 2. The van der Waals surface area contributed by atoms with Crippen molar-refractivity contribution in [3.8, 4) is 0 Å². The van der Waals surface area contributed by atoms with Gasteiger partial charge in [-0.2, -0.15) is 0 Å². The number of hydrogen-bond donors (Lipinski definition) is 1. The van der Waals surface area contributed by atoms with E-state index < -0.39 is 0 Å². The number of nitrogens with zero attached hydrogens (tertiary/aromatic N) is 1. The summed E-state index contributed by atoms with van der Waals surface area (Å²) in [5, 5.41) is 4.43. The van der Waals surface area contributed by atoms with Crippen molar-refractivity contribution in [1.29, 1.82) is 0 Å². The Bertz CT molecular complexity index is 156. The molecule has 0 aromatic rings. The quantitative estimate of drug-likeness (QED) is 0.677. The Hall–Kier alpha value is -0.770. The summed E-state index contributed by atoms with van der Waals surface area (Å²) in [6.07, 6.45) is 4.04. The summed E-state index contributed by atoms with van der Waals surface area (Å²) in [6.45, 7) is 4.55. The molecule has 1 N–H and O–H groups in total. The Morgan fingerprint density at radius 2 is 2.15 bits per heavy atom. The minimum atomic E-state index is -0.310. The average Bonchev–Trinajstić information content (AvgIpc) is 2.57. The molecule has 0 bridgehead atoms. The first-order valence-corrected chi connectivity index (χ1v) is 5.03. The maximum absolute atomic E-state index is 11.1. The van der Waals surface area contributed by atoms with Crippen LogP contribution in [0.4, 0.5) is 4.79 Å². The normalized spacial score (nSPS) is 17.3. The second-order valence-corrected chi connectivity index (χ2v) is 3.30. The number of rotatable bonds is 4. The Labute approximate surface area is 79.2 Å². The highest BCUT2D eigenvalue weighted by Gasteiger charge is 2.15. The van der Waals surface area contributed by atoms with Crippen LogP contribution in [0.2, 0.25) is 0 Å². The maximum Gasteiger partial charge on any atom is 0.426 e. The summed E-state index contributed by atoms with van der Waals surface area (Å²) in [4.78, 5) is 16.1. The van der Waals surface area contributed by atoms with Crippen molar-refractivity contribution < 1.29 is 9.63 Å². The van der Waals surface area contributed by atoms with Gasteiger partial charge in [0.25, 0.3) is 0 Å². The van der Waals surface area contributed by atoms with Crippen LogP contribution in [-0.2, 0) is 4.84 Å². The van der Waals surface area contributed by atoms with Gasteiger partial charge in [0.15, 0.2) is 0 Å². The number of unbranched alkanes of at least 4 members (excludes halogenated alkanes) is 1. The fourth-order valence-electron chi connectivity index (χ4n) is 1.30. The van der Waals surface area contributed by atoms with Gasteiger partial charge in [-0.15, -0.1) is 5.06 Å². The van der Waals surface area contributed by atoms with E-state index in [0.717, 1.165) is 38.8 Å². The van der Waals surface area contributed by atoms with Crippen molar-refractivity contribution in [3.63, 3.8) is 0 Å². The molecule has 1 fully saturated rings. The second kappa shape index (κ2) is 5.80. The summed E-state index contributed by atoms with van der Waals surface area (Å²) >= 11 is 0. The molecule has 0 atom stereocenters. The predicted octanol–water partition coefficient (Wildman–Crippen LogP) is 1.52. The summed E-state index contributed by atoms with van der Waals surface area (Å²) < 4.78 is 0. The van der Waals surface area contributed by atoms with Gasteiger partial charge in [0, 0.05) is 19.6 Å². The largest absolute Gasteiger partial charge is 0.426 e. The first-order valence-electron chi connectivity index (χ1n) is 5.03. The van der Waals surface area contributed by atoms with Crippen LogP contribution in [0.5, 0.6) is 0 Å². The van der Waals surface area contributed by atoms with E-state index >= 15 is 0 Å². The lowest BCUT2D eigenvalue weighted by Gasteiger charge is -2.14. The van der Waals surface area contributed by atoms with Crippen LogP contribution in [0.25, 0.3) is 0 Å². The van der Waals surface area contributed by atoms with Crippen LogP contribution in [0.1, 0.15) is 32.6 Å². The lowest BCUT2D eigenvalue weighted by molar-refractivity contribution is -0.0803. The Balaban J connectivity index is 2.02. The molecule has 0 saturated carbocycles. The molecule has 1 rings (SSSR count). The van der Waals surface area contributed by atoms with Gasteiger partial charge in [-0.05, 0) is 19.3 Å². The van der Waals surface area contributed by atoms with E-state index in [1.54, 1.807) is 5.06 Å². The molecule has 0 unspecified atom stereocenters. The van der Waals surface area contributed by atoms with Crippen LogP contribution < -0.4 is 5.32 Å². The number of amides is 1. The predicted molar refractivity (Wildman–Crippen MR) is 50.2 cm³/mol. The highest BCUT2D eigenvalue weighted by molar-refractivity contribution is 5.66. The fraction of sp³-hybridized carbons (Fsp3) is 0.889. The van der Waals surface area contributed by atoms with Gasteiger partial charge in [-0.25, -0.2) is 4.79 Å². The Morgan fingerprint density at radius 1 is 1.46 bits per heavy atom. The van der Waals surface area contributed by atoms with Crippen molar-refractivity contribution in [2.75, 3.05) is 19.6 Å². The van der Waals surface area contributed by atoms with Gasteiger partial charge in [-0.1, -0.05) is 13.3 Å². The zero-order valence-electron chi connectivity index (χ0n) is 8.21. The molecule has 1 aliphatic rings. The molecule has 1 heterocycles. The highest BCUT2D eigenvalue weighted by atomic mass is 16.7. The zero-order valence-corrected chi connectivity index (χ0v) is 8.21. The number of hydrogen-bond acceptors (Lipinski definition) is 3. The minimum absolute atomic E-state index is 0.310. The highest BCUT2D eigenvalue weighted by Crippen LogP contribution is 2.07. The lowest BCUT2D eigenvalue weighted by atomic mass is 10.3. The molecule has 0 aromatic carbocycles. The number of nitrogens with one attached hydrogen (secondary N) is 1. The van der Waals surface area contributed by atoms with Crippen molar-refractivity contribution in [1.82, 2.24) is 10.4 Å². The van der Waals surface area contributed by atoms with Crippen molar-refractivity contribution in [3.05, 3.63) is 0 Å². The molecular weight excluding hydrogens is 168 g/mol. The molecule has 0 radical (unpaired) electrons. The maximum atomic E-state index is 11.1. The second-order valence-electron chi connectivity index (χ2n) is 3.30. The van der Waals surface area contributed by atoms with E-state index in [1.165, 1.54) is 0 Å². The Morgan fingerprint density at radius 3 is 2.77 bits per heavy atom. The van der Waals surface area contributed by atoms with Crippen molar-refractivity contribution in [2.45, 2.75) is 32.6 Å². The summed E-state index contributed by atoms with van der Waals surface area (Å²) in [7, 11) is 0. The molecule has 4 nitrogen and oxygen atoms in total. The lowest BCUT2D eigenvalue weighted by Crippen LogP contribution is -2.32. The molecule has 1 amide bonds. The zero-order chi connectivity index (χ0) is 9.52. The molecule has 0 spiro atoms. The van der Waals surface area contributed by atoms with Gasteiger partial charge in [0.2, 0.25) is 0 Å². The Kier molecular flexibility index (Phi) is 4.60. The first-order chi connectivity index (χ1) is 6.33. The van der Waals surface area contributed by atoms with Crippen LogP contribution in [0, 0.1) is 0 Å². The number of carbonyl (C=O) groups excluding carboxylic acids is 1. The van der Waals surface area contributed by atoms with Gasteiger partial charge >= 0.3 is 6.09 Å². The smallest absolute Gasteiger partial charge is 0.351 e. The standard InChI is InChI=1S/C9H18N2O2/c1-2-3-6-10-9(12)13-11-7-4-5-8-11/h2-8H2,1H3,(H,10,12). The minimum Gasteiger partial charge on any atom is -0.351 e. The van der Waals surface area contributed by atoms with Gasteiger partial charge < -0.3 is 10.2 Å². The van der Waals surface area contributed by atoms with E-state index in [4.69, 9.17) is 4.84 Å².